The molecule has 1 aliphatic heterocycles. The lowest BCUT2D eigenvalue weighted by Crippen LogP contribution is -2.23. The van der Waals surface area contributed by atoms with E-state index in [0.717, 1.165) is 37.6 Å². The molecule has 2 heterocycles. The van der Waals surface area contributed by atoms with Gasteiger partial charge >= 0.3 is 0 Å². The van der Waals surface area contributed by atoms with Crippen LogP contribution in [0.3, 0.4) is 0 Å². The zero-order chi connectivity index (χ0) is 13.1. The maximum Gasteiger partial charge on any atom is 0.122 e. The van der Waals surface area contributed by atoms with Gasteiger partial charge in [0.05, 0.1) is 6.61 Å². The molecule has 2 N–H and O–H groups in total. The third-order valence-corrected chi connectivity index (χ3v) is 3.52. The fourth-order valence-corrected chi connectivity index (χ4v) is 2.58. The van der Waals surface area contributed by atoms with E-state index in [4.69, 9.17) is 4.74 Å². The Morgan fingerprint density at radius 2 is 2.42 bits per heavy atom. The summed E-state index contributed by atoms with van der Waals surface area (Å²) in [5, 5.41) is 3.53. The summed E-state index contributed by atoms with van der Waals surface area (Å²) in [6.45, 7) is 3.88. The highest BCUT2D eigenvalue weighted by atomic mass is 16.5. The highest BCUT2D eigenvalue weighted by molar-refractivity contribution is 5.41. The Balaban J connectivity index is 1.83. The van der Waals surface area contributed by atoms with Crippen LogP contribution in [0.15, 0.2) is 30.6 Å². The first-order chi connectivity index (χ1) is 9.36. The molecule has 0 aliphatic carbocycles. The van der Waals surface area contributed by atoms with Crippen LogP contribution in [0.1, 0.15) is 29.9 Å². The zero-order valence-corrected chi connectivity index (χ0v) is 11.1. The number of hydrogen-bond acceptors (Lipinski definition) is 3. The third kappa shape index (κ3) is 2.63. The van der Waals surface area contributed by atoms with Crippen molar-refractivity contribution in [2.45, 2.75) is 25.8 Å². The van der Waals surface area contributed by atoms with Crippen LogP contribution in [0, 0.1) is 0 Å². The van der Waals surface area contributed by atoms with Crippen molar-refractivity contribution in [1.29, 1.82) is 0 Å². The highest BCUT2D eigenvalue weighted by Crippen LogP contribution is 2.29. The quantitative estimate of drug-likeness (QED) is 0.863. The van der Waals surface area contributed by atoms with Crippen molar-refractivity contribution < 1.29 is 4.74 Å². The van der Waals surface area contributed by atoms with Gasteiger partial charge in [0.2, 0.25) is 0 Å². The molecule has 0 bridgehead atoms. The normalized spacial score (nSPS) is 15.0. The molecule has 1 aromatic heterocycles. The molecule has 100 valence electrons. The van der Waals surface area contributed by atoms with E-state index in [2.05, 4.69) is 40.4 Å². The smallest absolute Gasteiger partial charge is 0.122 e. The second kappa shape index (κ2) is 5.45. The SMILES string of the molecule is CCNC(Cc1ncc[nH]1)c1ccc2c(c1)CCO2. The van der Waals surface area contributed by atoms with E-state index in [1.807, 2.05) is 6.20 Å². The second-order valence-corrected chi connectivity index (χ2v) is 4.82. The maximum absolute atomic E-state index is 5.56. The molecular formula is C15H19N3O. The molecule has 19 heavy (non-hydrogen) atoms. The maximum atomic E-state index is 5.56. The molecule has 1 unspecified atom stereocenters. The molecule has 4 nitrogen and oxygen atoms in total. The lowest BCUT2D eigenvalue weighted by atomic mass is 10.00. The number of H-pyrrole nitrogens is 1. The van der Waals surface area contributed by atoms with Crippen molar-refractivity contribution in [2.24, 2.45) is 0 Å². The Hall–Kier alpha value is -1.81. The van der Waals surface area contributed by atoms with Crippen molar-refractivity contribution in [3.8, 4) is 5.75 Å². The minimum Gasteiger partial charge on any atom is -0.493 e. The summed E-state index contributed by atoms with van der Waals surface area (Å²) >= 11 is 0. The van der Waals surface area contributed by atoms with Gasteiger partial charge in [-0.05, 0) is 23.7 Å². The van der Waals surface area contributed by atoms with Crippen LogP contribution in [-0.4, -0.2) is 23.1 Å². The zero-order valence-electron chi connectivity index (χ0n) is 11.1. The molecule has 1 atom stereocenters. The van der Waals surface area contributed by atoms with Gasteiger partial charge in [-0.2, -0.15) is 0 Å². The molecule has 0 saturated carbocycles. The van der Waals surface area contributed by atoms with Crippen molar-refractivity contribution in [3.05, 3.63) is 47.5 Å². The fourth-order valence-electron chi connectivity index (χ4n) is 2.58. The van der Waals surface area contributed by atoms with Gasteiger partial charge in [0.1, 0.15) is 11.6 Å². The number of nitrogens with one attached hydrogen (secondary N) is 2. The molecule has 4 heteroatoms. The molecule has 0 fully saturated rings. The van der Waals surface area contributed by atoms with Crippen LogP contribution in [0.25, 0.3) is 0 Å². The first kappa shape index (κ1) is 12.2. The van der Waals surface area contributed by atoms with Gasteiger partial charge in [-0.15, -0.1) is 0 Å². The Bertz CT molecular complexity index is 536. The summed E-state index contributed by atoms with van der Waals surface area (Å²) in [7, 11) is 0. The first-order valence-electron chi connectivity index (χ1n) is 6.84. The van der Waals surface area contributed by atoms with Crippen molar-refractivity contribution in [2.75, 3.05) is 13.2 Å². The number of aromatic nitrogens is 2. The number of benzene rings is 1. The largest absolute Gasteiger partial charge is 0.493 e. The molecule has 2 aromatic rings. The van der Waals surface area contributed by atoms with E-state index in [1.54, 1.807) is 6.20 Å². The van der Waals surface area contributed by atoms with E-state index in [1.165, 1.54) is 11.1 Å². The van der Waals surface area contributed by atoms with Crippen molar-refractivity contribution in [1.82, 2.24) is 15.3 Å². The number of likely N-dealkylation sites (N-methyl/N-ethyl adjacent to an activating group) is 1. The number of fused-ring (bicyclic) bond motifs is 1. The van der Waals surface area contributed by atoms with Gasteiger partial charge < -0.3 is 15.0 Å². The fraction of sp³-hybridized carbons (Fsp3) is 0.400. The average Bonchev–Trinajstić information content (AvgIpc) is 3.08. The second-order valence-electron chi connectivity index (χ2n) is 4.82. The summed E-state index contributed by atoms with van der Waals surface area (Å²) in [4.78, 5) is 7.49. The lowest BCUT2D eigenvalue weighted by molar-refractivity contribution is 0.356. The monoisotopic (exact) mass is 257 g/mol. The number of hydrogen-bond donors (Lipinski definition) is 2. The standard InChI is InChI=1S/C15H19N3O/c1-2-16-13(10-15-17-6-7-18-15)11-3-4-14-12(9-11)5-8-19-14/h3-4,6-7,9,13,16H,2,5,8,10H2,1H3,(H,17,18). The number of rotatable bonds is 5. The molecule has 3 rings (SSSR count). The Morgan fingerprint density at radius 3 is 3.21 bits per heavy atom. The summed E-state index contributed by atoms with van der Waals surface area (Å²) in [6.07, 6.45) is 5.56. The van der Waals surface area contributed by atoms with Gasteiger partial charge in [-0.3, -0.25) is 0 Å². The highest BCUT2D eigenvalue weighted by Gasteiger charge is 2.17. The number of ether oxygens (including phenoxy) is 1. The Labute approximate surface area is 113 Å². The molecule has 0 radical (unpaired) electrons. The van der Waals surface area contributed by atoms with Crippen LogP contribution in [0.4, 0.5) is 0 Å². The molecule has 1 aliphatic rings. The molecule has 0 saturated heterocycles. The van der Waals surface area contributed by atoms with E-state index in [0.29, 0.717) is 6.04 Å². The summed E-state index contributed by atoms with van der Waals surface area (Å²) < 4.78 is 5.56. The average molecular weight is 257 g/mol. The van der Waals surface area contributed by atoms with E-state index < -0.39 is 0 Å². The minimum absolute atomic E-state index is 0.294. The van der Waals surface area contributed by atoms with Gasteiger partial charge in [-0.1, -0.05) is 19.1 Å². The van der Waals surface area contributed by atoms with Gasteiger partial charge in [-0.25, -0.2) is 4.98 Å². The van der Waals surface area contributed by atoms with Crippen LogP contribution in [0.2, 0.25) is 0 Å². The van der Waals surface area contributed by atoms with E-state index in [9.17, 15) is 0 Å². The summed E-state index contributed by atoms with van der Waals surface area (Å²) in [6, 6.07) is 6.80. The van der Waals surface area contributed by atoms with Gasteiger partial charge in [0.25, 0.3) is 0 Å². The predicted molar refractivity (Wildman–Crippen MR) is 74.4 cm³/mol. The number of aromatic amines is 1. The van der Waals surface area contributed by atoms with E-state index >= 15 is 0 Å². The molecule has 0 amide bonds. The topological polar surface area (TPSA) is 49.9 Å². The van der Waals surface area contributed by atoms with Crippen molar-refractivity contribution >= 4 is 0 Å². The van der Waals surface area contributed by atoms with Gasteiger partial charge in [0.15, 0.2) is 0 Å². The van der Waals surface area contributed by atoms with Crippen LogP contribution in [0.5, 0.6) is 5.75 Å². The summed E-state index contributed by atoms with van der Waals surface area (Å²) in [5.41, 5.74) is 2.63. The number of imidazole rings is 1. The molecule has 0 spiro atoms. The Morgan fingerprint density at radius 1 is 1.47 bits per heavy atom. The predicted octanol–water partition coefficient (Wildman–Crippen LogP) is 2.24. The van der Waals surface area contributed by atoms with Crippen LogP contribution >= 0.6 is 0 Å². The third-order valence-electron chi connectivity index (χ3n) is 3.52. The minimum atomic E-state index is 0.294. The van der Waals surface area contributed by atoms with Crippen LogP contribution in [-0.2, 0) is 12.8 Å². The van der Waals surface area contributed by atoms with Crippen molar-refractivity contribution in [3.63, 3.8) is 0 Å². The molecular weight excluding hydrogens is 238 g/mol. The van der Waals surface area contributed by atoms with E-state index in [-0.39, 0.29) is 0 Å². The lowest BCUT2D eigenvalue weighted by Gasteiger charge is -2.18. The Kier molecular flexibility index (Phi) is 3.51. The van der Waals surface area contributed by atoms with Gasteiger partial charge in [0, 0.05) is 31.3 Å². The number of nitrogens with zero attached hydrogens (tertiary/aromatic N) is 1. The molecule has 1 aromatic carbocycles. The summed E-state index contributed by atoms with van der Waals surface area (Å²) in [5.74, 6) is 2.06. The van der Waals surface area contributed by atoms with Crippen LogP contribution < -0.4 is 10.1 Å². The first-order valence-corrected chi connectivity index (χ1v) is 6.84.